The van der Waals surface area contributed by atoms with E-state index in [0.717, 1.165) is 27.8 Å². The lowest BCUT2D eigenvalue weighted by atomic mass is 10.0. The molecule has 5 heteroatoms. The Labute approximate surface area is 216 Å². The Balaban J connectivity index is 1.32. The summed E-state index contributed by atoms with van der Waals surface area (Å²) in [6.45, 7) is 2.36. The van der Waals surface area contributed by atoms with Crippen molar-refractivity contribution in [2.45, 2.75) is 13.5 Å². The predicted molar refractivity (Wildman–Crippen MR) is 148 cm³/mol. The zero-order chi connectivity index (χ0) is 25.4. The van der Waals surface area contributed by atoms with Crippen LogP contribution in [0.1, 0.15) is 11.1 Å². The molecule has 0 fully saturated rings. The van der Waals surface area contributed by atoms with Gasteiger partial charge in [0.2, 0.25) is 0 Å². The molecule has 0 amide bonds. The number of aromatic hydroxyl groups is 1. The van der Waals surface area contributed by atoms with Crippen molar-refractivity contribution in [1.82, 2.24) is 0 Å². The van der Waals surface area contributed by atoms with Crippen LogP contribution in [0, 0.1) is 6.92 Å². The van der Waals surface area contributed by atoms with Gasteiger partial charge in [-0.15, -0.1) is 0 Å². The van der Waals surface area contributed by atoms with Gasteiger partial charge in [-0.1, -0.05) is 90.5 Å². The Morgan fingerprint density at radius 3 is 2.14 bits per heavy atom. The van der Waals surface area contributed by atoms with Crippen LogP contribution in [0.4, 0.5) is 0 Å². The summed E-state index contributed by atoms with van der Waals surface area (Å²) in [4.78, 5) is 0. The minimum atomic E-state index is -3.61. The normalized spacial score (nSPS) is 15.8. The molecule has 0 bridgehead atoms. The molecule has 0 aromatic heterocycles. The van der Waals surface area contributed by atoms with E-state index in [1.165, 1.54) is 17.7 Å². The molecule has 1 heterocycles. The third kappa shape index (κ3) is 4.30. The van der Waals surface area contributed by atoms with Gasteiger partial charge in [0.15, 0.2) is 0 Å². The Morgan fingerprint density at radius 2 is 1.38 bits per heavy atom. The first kappa shape index (κ1) is 23.1. The van der Waals surface area contributed by atoms with E-state index >= 15 is 0 Å². The molecule has 0 saturated carbocycles. The molecule has 182 valence electrons. The molecule has 0 radical (unpaired) electrons. The highest BCUT2D eigenvalue weighted by Crippen LogP contribution is 2.55. The van der Waals surface area contributed by atoms with E-state index in [9.17, 15) is 9.67 Å². The monoisotopic (exact) mass is 504 g/mol. The smallest absolute Gasteiger partial charge is 0.311 e. The van der Waals surface area contributed by atoms with E-state index in [-0.39, 0.29) is 12.4 Å². The standard InChI is InChI=1S/C32H25O4P/c1-22-10-14-24(15-11-22)25-16-12-23(13-17-25)21-35-30-19-18-26(33)20-32(30)37(34)31-9-5-3-7-28(31)27-6-2-4-8-29(27)36-37/h2-20,33H,21H2,1H3. The van der Waals surface area contributed by atoms with Gasteiger partial charge in [0, 0.05) is 5.56 Å². The average Bonchev–Trinajstić information content (AvgIpc) is 2.93. The summed E-state index contributed by atoms with van der Waals surface area (Å²) in [6, 6.07) is 36.4. The maximum absolute atomic E-state index is 14.6. The van der Waals surface area contributed by atoms with Crippen LogP contribution in [-0.4, -0.2) is 5.11 Å². The van der Waals surface area contributed by atoms with Gasteiger partial charge in [-0.05, 0) is 59.5 Å². The summed E-state index contributed by atoms with van der Waals surface area (Å²) < 4.78 is 27.0. The lowest BCUT2D eigenvalue weighted by molar-refractivity contribution is 0.308. The summed E-state index contributed by atoms with van der Waals surface area (Å²) in [6.07, 6.45) is 0. The Hall–Kier alpha value is -4.27. The van der Waals surface area contributed by atoms with Gasteiger partial charge in [-0.3, -0.25) is 4.57 Å². The topological polar surface area (TPSA) is 55.8 Å². The summed E-state index contributed by atoms with van der Waals surface area (Å²) in [5.41, 5.74) is 6.23. The fourth-order valence-electron chi connectivity index (χ4n) is 4.65. The minimum absolute atomic E-state index is 0.0000319. The summed E-state index contributed by atoms with van der Waals surface area (Å²) >= 11 is 0. The van der Waals surface area contributed by atoms with Crippen LogP contribution in [-0.2, 0) is 11.2 Å². The molecule has 37 heavy (non-hydrogen) atoms. The third-order valence-corrected chi connectivity index (χ3v) is 9.08. The number of ether oxygens (including phenoxy) is 1. The number of hydrogen-bond donors (Lipinski definition) is 1. The highest BCUT2D eigenvalue weighted by Gasteiger charge is 2.40. The van der Waals surface area contributed by atoms with Gasteiger partial charge in [0.1, 0.15) is 23.9 Å². The van der Waals surface area contributed by atoms with Gasteiger partial charge in [0.25, 0.3) is 0 Å². The van der Waals surface area contributed by atoms with E-state index in [0.29, 0.717) is 22.1 Å². The molecule has 1 aliphatic heterocycles. The van der Waals surface area contributed by atoms with Gasteiger partial charge < -0.3 is 14.4 Å². The Bertz CT molecular complexity index is 1640. The summed E-state index contributed by atoms with van der Waals surface area (Å²) in [5, 5.41) is 11.3. The van der Waals surface area contributed by atoms with Crippen molar-refractivity contribution in [2.24, 2.45) is 0 Å². The van der Waals surface area contributed by atoms with Crippen molar-refractivity contribution >= 4 is 18.0 Å². The SMILES string of the molecule is Cc1ccc(-c2ccc(COc3ccc(O)cc3P3(=O)Oc4ccccc4-c4ccccc43)cc2)cc1. The fraction of sp³-hybridized carbons (Fsp3) is 0.0625. The summed E-state index contributed by atoms with van der Waals surface area (Å²) in [7, 11) is -3.61. The van der Waals surface area contributed by atoms with Crippen LogP contribution in [0.25, 0.3) is 22.3 Å². The van der Waals surface area contributed by atoms with Crippen LogP contribution < -0.4 is 19.9 Å². The van der Waals surface area contributed by atoms with E-state index in [2.05, 4.69) is 43.3 Å². The first-order valence-corrected chi connectivity index (χ1v) is 13.7. The van der Waals surface area contributed by atoms with Gasteiger partial charge in [-0.2, -0.15) is 0 Å². The summed E-state index contributed by atoms with van der Waals surface area (Å²) in [5.74, 6) is 0.961. The zero-order valence-corrected chi connectivity index (χ0v) is 21.2. The number of hydrogen-bond acceptors (Lipinski definition) is 4. The number of phenolic OH excluding ortho intramolecular Hbond substituents is 1. The Morgan fingerprint density at radius 1 is 0.730 bits per heavy atom. The molecule has 0 aliphatic carbocycles. The molecule has 1 atom stereocenters. The van der Waals surface area contributed by atoms with Crippen molar-refractivity contribution in [3.63, 3.8) is 0 Å². The third-order valence-electron chi connectivity index (χ3n) is 6.62. The number of phenols is 1. The Kier molecular flexibility index (Phi) is 5.82. The first-order valence-electron chi connectivity index (χ1n) is 12.1. The molecule has 1 N–H and O–H groups in total. The molecule has 1 aliphatic rings. The molecule has 0 spiro atoms. The lowest BCUT2D eigenvalue weighted by Crippen LogP contribution is -2.26. The van der Waals surface area contributed by atoms with Gasteiger partial charge in [0.05, 0.1) is 10.6 Å². The number of benzene rings is 5. The number of fused-ring (bicyclic) bond motifs is 3. The maximum Gasteiger partial charge on any atom is 0.311 e. The molecule has 6 rings (SSSR count). The minimum Gasteiger partial charge on any atom is -0.508 e. The number of rotatable bonds is 5. The molecule has 4 nitrogen and oxygen atoms in total. The van der Waals surface area contributed by atoms with Crippen molar-refractivity contribution in [3.05, 3.63) is 126 Å². The van der Waals surface area contributed by atoms with E-state index in [4.69, 9.17) is 9.26 Å². The molecular weight excluding hydrogens is 479 g/mol. The van der Waals surface area contributed by atoms with E-state index in [1.807, 2.05) is 60.7 Å². The van der Waals surface area contributed by atoms with Crippen molar-refractivity contribution < 1.29 is 18.9 Å². The van der Waals surface area contributed by atoms with Gasteiger partial charge >= 0.3 is 7.37 Å². The van der Waals surface area contributed by atoms with Crippen LogP contribution >= 0.6 is 7.37 Å². The quantitative estimate of drug-likeness (QED) is 0.257. The second-order valence-corrected chi connectivity index (χ2v) is 11.4. The van der Waals surface area contributed by atoms with Crippen LogP contribution in [0.3, 0.4) is 0 Å². The molecule has 0 saturated heterocycles. The second kappa shape index (κ2) is 9.31. The maximum atomic E-state index is 14.6. The molecule has 5 aromatic rings. The van der Waals surface area contributed by atoms with Crippen LogP contribution in [0.2, 0.25) is 0 Å². The van der Waals surface area contributed by atoms with E-state index < -0.39 is 7.37 Å². The highest BCUT2D eigenvalue weighted by molar-refractivity contribution is 7.75. The lowest BCUT2D eigenvalue weighted by Gasteiger charge is -2.29. The average molecular weight is 505 g/mol. The van der Waals surface area contributed by atoms with Crippen molar-refractivity contribution in [1.29, 1.82) is 0 Å². The molecular formula is C32H25O4P. The van der Waals surface area contributed by atoms with Crippen LogP contribution in [0.15, 0.2) is 115 Å². The fourth-order valence-corrected chi connectivity index (χ4v) is 7.07. The number of aryl methyl sites for hydroxylation is 1. The largest absolute Gasteiger partial charge is 0.508 e. The first-order chi connectivity index (χ1) is 18.0. The number of para-hydroxylation sites is 1. The van der Waals surface area contributed by atoms with Crippen molar-refractivity contribution in [3.8, 4) is 39.5 Å². The molecule has 1 unspecified atom stereocenters. The second-order valence-electron chi connectivity index (χ2n) is 9.16. The molecule has 5 aromatic carbocycles. The zero-order valence-electron chi connectivity index (χ0n) is 20.3. The van der Waals surface area contributed by atoms with Gasteiger partial charge in [-0.25, -0.2) is 0 Å². The van der Waals surface area contributed by atoms with E-state index in [1.54, 1.807) is 6.07 Å². The predicted octanol–water partition coefficient (Wildman–Crippen LogP) is 7.23. The van der Waals surface area contributed by atoms with Crippen LogP contribution in [0.5, 0.6) is 17.2 Å². The van der Waals surface area contributed by atoms with Crippen molar-refractivity contribution in [2.75, 3.05) is 0 Å². The highest BCUT2D eigenvalue weighted by atomic mass is 31.2.